The minimum atomic E-state index is -0.763. The van der Waals surface area contributed by atoms with Crippen LogP contribution in [0.15, 0.2) is 0 Å². The Hall–Kier alpha value is -1.59. The molecule has 3 atom stereocenters. The Morgan fingerprint density at radius 2 is 0.530 bits per heavy atom. The molecule has 0 radical (unpaired) electrons. The lowest BCUT2D eigenvalue weighted by atomic mass is 9.99. The van der Waals surface area contributed by atoms with Gasteiger partial charge in [-0.15, -0.1) is 0 Å². The number of unbranched alkanes of at least 4 members (excludes halogenated alkanes) is 37. The van der Waals surface area contributed by atoms with Crippen LogP contribution in [-0.2, 0) is 28.6 Å². The van der Waals surface area contributed by atoms with E-state index in [9.17, 15) is 14.4 Å². The minimum absolute atomic E-state index is 0.0629. The van der Waals surface area contributed by atoms with Gasteiger partial charge in [-0.25, -0.2) is 0 Å². The highest BCUT2D eigenvalue weighted by Crippen LogP contribution is 2.19. The van der Waals surface area contributed by atoms with Gasteiger partial charge < -0.3 is 14.2 Å². The SMILES string of the molecule is CCCCCCCCCCCCCCCCCCCCC(=O)OC[C@H](COC(=O)CCCCCCCCCCC(C)CC)OC(=O)CCCCCCCCCCCCCCCCC(C)CC. The van der Waals surface area contributed by atoms with Gasteiger partial charge in [0.1, 0.15) is 13.2 Å². The van der Waals surface area contributed by atoms with Crippen LogP contribution in [0.2, 0.25) is 0 Å². The molecule has 0 saturated heterocycles. The van der Waals surface area contributed by atoms with Crippen LogP contribution in [0.1, 0.15) is 336 Å². The highest BCUT2D eigenvalue weighted by atomic mass is 16.6. The standard InChI is InChI=1S/C60H116O6/c1-6-9-10-11-12-13-14-15-16-17-18-19-23-26-29-35-40-45-50-58(61)64-53-57(54-65-59(62)51-46-41-36-32-31-34-39-44-49-56(5)8-3)66-60(63)52-47-42-37-30-27-24-21-20-22-25-28-33-38-43-48-55(4)7-2/h55-57H,6-54H2,1-5H3/t55?,56?,57-/m1/s1. The quantitative estimate of drug-likeness (QED) is 0.0343. The molecule has 0 aromatic heterocycles. The molecular weight excluding hydrogens is 817 g/mol. The molecule has 0 aliphatic carbocycles. The van der Waals surface area contributed by atoms with Crippen molar-refractivity contribution < 1.29 is 28.6 Å². The van der Waals surface area contributed by atoms with Crippen molar-refractivity contribution in [3.05, 3.63) is 0 Å². The third kappa shape index (κ3) is 50.3. The predicted molar refractivity (Wildman–Crippen MR) is 284 cm³/mol. The topological polar surface area (TPSA) is 78.9 Å². The fourth-order valence-corrected chi connectivity index (χ4v) is 9.16. The molecule has 2 unspecified atom stereocenters. The van der Waals surface area contributed by atoms with Gasteiger partial charge in [0.05, 0.1) is 0 Å². The van der Waals surface area contributed by atoms with Crippen molar-refractivity contribution >= 4 is 17.9 Å². The largest absolute Gasteiger partial charge is 0.462 e. The Labute approximate surface area is 412 Å². The second-order valence-electron chi connectivity index (χ2n) is 21.1. The lowest BCUT2D eigenvalue weighted by Crippen LogP contribution is -2.30. The van der Waals surface area contributed by atoms with E-state index in [1.165, 1.54) is 225 Å². The number of carbonyl (C=O) groups excluding carboxylic acids is 3. The molecule has 0 heterocycles. The molecule has 0 aliphatic heterocycles. The zero-order chi connectivity index (χ0) is 48.2. The summed E-state index contributed by atoms with van der Waals surface area (Å²) in [6.45, 7) is 11.5. The molecule has 0 aromatic rings. The molecule has 66 heavy (non-hydrogen) atoms. The van der Waals surface area contributed by atoms with E-state index in [2.05, 4.69) is 34.6 Å². The summed E-state index contributed by atoms with van der Waals surface area (Å²) in [5, 5.41) is 0. The van der Waals surface area contributed by atoms with Gasteiger partial charge in [-0.2, -0.15) is 0 Å². The summed E-state index contributed by atoms with van der Waals surface area (Å²) in [6.07, 6.45) is 56.6. The maximum atomic E-state index is 12.9. The van der Waals surface area contributed by atoms with Crippen LogP contribution in [0, 0.1) is 11.8 Å². The van der Waals surface area contributed by atoms with Crippen molar-refractivity contribution in [2.45, 2.75) is 343 Å². The summed E-state index contributed by atoms with van der Waals surface area (Å²) < 4.78 is 16.9. The van der Waals surface area contributed by atoms with Crippen LogP contribution in [-0.4, -0.2) is 37.2 Å². The van der Waals surface area contributed by atoms with Gasteiger partial charge >= 0.3 is 17.9 Å². The van der Waals surface area contributed by atoms with Crippen molar-refractivity contribution in [1.29, 1.82) is 0 Å². The maximum Gasteiger partial charge on any atom is 0.306 e. The molecule has 0 bridgehead atoms. The highest BCUT2D eigenvalue weighted by Gasteiger charge is 2.19. The number of hydrogen-bond acceptors (Lipinski definition) is 6. The molecule has 392 valence electrons. The summed E-state index contributed by atoms with van der Waals surface area (Å²) in [4.78, 5) is 38.2. The summed E-state index contributed by atoms with van der Waals surface area (Å²) in [5.74, 6) is 0.903. The van der Waals surface area contributed by atoms with E-state index in [-0.39, 0.29) is 31.1 Å². The fourth-order valence-electron chi connectivity index (χ4n) is 9.16. The second kappa shape index (κ2) is 52.8. The van der Waals surface area contributed by atoms with Crippen LogP contribution in [0.4, 0.5) is 0 Å². The lowest BCUT2D eigenvalue weighted by Gasteiger charge is -2.18. The van der Waals surface area contributed by atoms with Crippen LogP contribution >= 0.6 is 0 Å². The molecule has 0 fully saturated rings. The van der Waals surface area contributed by atoms with Gasteiger partial charge in [0.15, 0.2) is 6.10 Å². The van der Waals surface area contributed by atoms with Crippen molar-refractivity contribution in [3.63, 3.8) is 0 Å². The first kappa shape index (κ1) is 64.4. The molecular formula is C60H116O6. The van der Waals surface area contributed by atoms with Crippen LogP contribution < -0.4 is 0 Å². The monoisotopic (exact) mass is 933 g/mol. The van der Waals surface area contributed by atoms with Crippen molar-refractivity contribution in [1.82, 2.24) is 0 Å². The first-order valence-corrected chi connectivity index (χ1v) is 29.8. The molecule has 0 aromatic carbocycles. The zero-order valence-electron chi connectivity index (χ0n) is 45.3. The van der Waals surface area contributed by atoms with Crippen molar-refractivity contribution in [3.8, 4) is 0 Å². The second-order valence-corrected chi connectivity index (χ2v) is 21.1. The Morgan fingerprint density at radius 1 is 0.303 bits per heavy atom. The van der Waals surface area contributed by atoms with Gasteiger partial charge in [-0.05, 0) is 31.1 Å². The number of carbonyl (C=O) groups is 3. The van der Waals surface area contributed by atoms with Gasteiger partial charge in [0, 0.05) is 19.3 Å². The van der Waals surface area contributed by atoms with Crippen LogP contribution in [0.25, 0.3) is 0 Å². The minimum Gasteiger partial charge on any atom is -0.462 e. The van der Waals surface area contributed by atoms with Crippen LogP contribution in [0.3, 0.4) is 0 Å². The Balaban J connectivity index is 4.28. The molecule has 0 saturated carbocycles. The van der Waals surface area contributed by atoms with E-state index < -0.39 is 6.10 Å². The number of ether oxygens (including phenoxy) is 3. The third-order valence-corrected chi connectivity index (χ3v) is 14.4. The lowest BCUT2D eigenvalue weighted by molar-refractivity contribution is -0.167. The molecule has 0 N–H and O–H groups in total. The van der Waals surface area contributed by atoms with E-state index in [1.54, 1.807) is 0 Å². The van der Waals surface area contributed by atoms with Crippen molar-refractivity contribution in [2.75, 3.05) is 13.2 Å². The number of hydrogen-bond donors (Lipinski definition) is 0. The van der Waals surface area contributed by atoms with E-state index >= 15 is 0 Å². The van der Waals surface area contributed by atoms with Crippen molar-refractivity contribution in [2.24, 2.45) is 11.8 Å². The smallest absolute Gasteiger partial charge is 0.306 e. The average Bonchev–Trinajstić information content (AvgIpc) is 3.32. The molecule has 0 aliphatic rings. The Kier molecular flexibility index (Phi) is 51.5. The number of rotatable bonds is 54. The number of esters is 3. The first-order valence-electron chi connectivity index (χ1n) is 29.8. The summed E-state index contributed by atoms with van der Waals surface area (Å²) in [6, 6.07) is 0. The van der Waals surface area contributed by atoms with E-state index in [1.807, 2.05) is 0 Å². The Bertz CT molecular complexity index is 1010. The maximum absolute atomic E-state index is 12.9. The first-order chi connectivity index (χ1) is 32.3. The van der Waals surface area contributed by atoms with E-state index in [0.717, 1.165) is 69.6 Å². The molecule has 6 nitrogen and oxygen atoms in total. The molecule has 0 rings (SSSR count). The highest BCUT2D eigenvalue weighted by molar-refractivity contribution is 5.71. The molecule has 0 amide bonds. The summed E-state index contributed by atoms with van der Waals surface area (Å²) >= 11 is 0. The molecule has 6 heteroatoms. The Morgan fingerprint density at radius 3 is 0.788 bits per heavy atom. The van der Waals surface area contributed by atoms with Gasteiger partial charge in [-0.3, -0.25) is 14.4 Å². The van der Waals surface area contributed by atoms with Crippen LogP contribution in [0.5, 0.6) is 0 Å². The van der Waals surface area contributed by atoms with E-state index in [0.29, 0.717) is 19.3 Å². The van der Waals surface area contributed by atoms with Gasteiger partial charge in [0.2, 0.25) is 0 Å². The summed E-state index contributed by atoms with van der Waals surface area (Å²) in [7, 11) is 0. The normalized spacial score (nSPS) is 12.9. The average molecular weight is 934 g/mol. The summed E-state index contributed by atoms with van der Waals surface area (Å²) in [5.41, 5.74) is 0. The zero-order valence-corrected chi connectivity index (χ0v) is 45.3. The van der Waals surface area contributed by atoms with Gasteiger partial charge in [0.25, 0.3) is 0 Å². The third-order valence-electron chi connectivity index (χ3n) is 14.4. The molecule has 0 spiro atoms. The fraction of sp³-hybridized carbons (Fsp3) is 0.950. The van der Waals surface area contributed by atoms with Gasteiger partial charge in [-0.1, -0.05) is 298 Å². The predicted octanol–water partition coefficient (Wildman–Crippen LogP) is 19.7. The van der Waals surface area contributed by atoms with E-state index in [4.69, 9.17) is 14.2 Å².